The Morgan fingerprint density at radius 2 is 1.78 bits per heavy atom. The van der Waals surface area contributed by atoms with E-state index in [0.717, 1.165) is 24.8 Å². The van der Waals surface area contributed by atoms with E-state index in [9.17, 15) is 9.59 Å². The van der Waals surface area contributed by atoms with Crippen LogP contribution < -0.4 is 16.8 Å². The molecule has 1 fully saturated rings. The minimum absolute atomic E-state index is 0.0202. The van der Waals surface area contributed by atoms with Gasteiger partial charge in [-0.05, 0) is 43.5 Å². The molecule has 0 saturated carbocycles. The summed E-state index contributed by atoms with van der Waals surface area (Å²) < 4.78 is 0. The molecular weight excluding hydrogens is 430 g/mol. The lowest BCUT2D eigenvalue weighted by molar-refractivity contribution is 0.0673. The van der Waals surface area contributed by atoms with Gasteiger partial charge in [-0.1, -0.05) is 17.5 Å². The maximum Gasteiger partial charge on any atom is 0.279 e. The van der Waals surface area contributed by atoms with Crippen molar-refractivity contribution in [1.29, 1.82) is 0 Å². The third-order valence-corrected chi connectivity index (χ3v) is 6.14. The summed E-state index contributed by atoms with van der Waals surface area (Å²) in [7, 11) is 0. The van der Waals surface area contributed by atoms with Gasteiger partial charge in [-0.15, -0.1) is 6.42 Å². The zero-order valence-electron chi connectivity index (χ0n) is 17.3. The van der Waals surface area contributed by atoms with Crippen LogP contribution in [0.1, 0.15) is 52.1 Å². The number of amidine groups is 1. The lowest BCUT2D eigenvalue weighted by Crippen LogP contribution is -2.45. The van der Waals surface area contributed by atoms with Crippen molar-refractivity contribution in [1.82, 2.24) is 20.2 Å². The molecule has 2 aromatic rings. The molecular formula is C22H22ClN7O2. The number of benzene rings is 1. The quantitative estimate of drug-likeness (QED) is 0.595. The van der Waals surface area contributed by atoms with Crippen molar-refractivity contribution in [3.8, 4) is 12.3 Å². The number of halogens is 1. The highest BCUT2D eigenvalue weighted by Crippen LogP contribution is 2.36. The van der Waals surface area contributed by atoms with Crippen LogP contribution in [0.4, 0.5) is 11.6 Å². The second-order valence-corrected chi connectivity index (χ2v) is 8.24. The molecule has 10 heteroatoms. The van der Waals surface area contributed by atoms with Gasteiger partial charge in [0.25, 0.3) is 11.8 Å². The SMILES string of the molecule is C#Cc1ccc(C(=O)N2CCC3(CCC(NC(=O)c4nc(Cl)c(N)nc4N)=N3)CC2)cc1. The van der Waals surface area contributed by atoms with Crippen LogP contribution >= 0.6 is 11.6 Å². The number of aromatic nitrogens is 2. The number of hydrogen-bond acceptors (Lipinski definition) is 7. The van der Waals surface area contributed by atoms with Gasteiger partial charge in [0.05, 0.1) is 5.54 Å². The van der Waals surface area contributed by atoms with Crippen LogP contribution in [-0.2, 0) is 0 Å². The number of carbonyl (C=O) groups excluding carboxylic acids is 2. The molecule has 2 aliphatic rings. The van der Waals surface area contributed by atoms with Crippen molar-refractivity contribution in [3.63, 3.8) is 0 Å². The monoisotopic (exact) mass is 451 g/mol. The Kier molecular flexibility index (Phi) is 5.72. The molecule has 5 N–H and O–H groups in total. The summed E-state index contributed by atoms with van der Waals surface area (Å²) in [5, 5.41) is 2.67. The van der Waals surface area contributed by atoms with Crippen LogP contribution in [0.2, 0.25) is 5.15 Å². The Labute approximate surface area is 190 Å². The lowest BCUT2D eigenvalue weighted by Gasteiger charge is -2.37. The predicted molar refractivity (Wildman–Crippen MR) is 122 cm³/mol. The van der Waals surface area contributed by atoms with E-state index in [2.05, 4.69) is 21.2 Å². The largest absolute Gasteiger partial charge is 0.382 e. The number of terminal acetylenes is 1. The van der Waals surface area contributed by atoms with Crippen molar-refractivity contribution in [2.45, 2.75) is 31.2 Å². The number of anilines is 2. The molecule has 1 aromatic carbocycles. The Hall–Kier alpha value is -3.64. The average molecular weight is 452 g/mol. The molecule has 1 saturated heterocycles. The van der Waals surface area contributed by atoms with E-state index in [0.29, 0.717) is 30.9 Å². The maximum absolute atomic E-state index is 12.8. The van der Waals surface area contributed by atoms with E-state index in [-0.39, 0.29) is 33.9 Å². The highest BCUT2D eigenvalue weighted by molar-refractivity contribution is 6.31. The standard InChI is InChI=1S/C22H22ClN7O2/c1-2-13-3-5-14(6-4-13)21(32)30-11-9-22(10-12-30)8-7-15(29-22)26-20(31)16-18(24)28-19(25)17(23)27-16/h1,3-6H,7-12H2,(H4,24,25,28)(H,26,29,31). The van der Waals surface area contributed by atoms with Gasteiger partial charge in [0.1, 0.15) is 5.84 Å². The first-order valence-corrected chi connectivity index (χ1v) is 10.5. The van der Waals surface area contributed by atoms with Crippen molar-refractivity contribution in [3.05, 3.63) is 46.2 Å². The number of carbonyl (C=O) groups is 2. The summed E-state index contributed by atoms with van der Waals surface area (Å²) in [5.74, 6) is 2.42. The van der Waals surface area contributed by atoms with Gasteiger partial charge in [0.2, 0.25) is 0 Å². The predicted octanol–water partition coefficient (Wildman–Crippen LogP) is 1.87. The molecule has 0 unspecified atom stereocenters. The number of nitrogens with two attached hydrogens (primary N) is 2. The molecule has 32 heavy (non-hydrogen) atoms. The van der Waals surface area contributed by atoms with Crippen LogP contribution in [0, 0.1) is 12.3 Å². The minimum atomic E-state index is -0.532. The Bertz CT molecular complexity index is 1150. The van der Waals surface area contributed by atoms with Crippen LogP contribution in [0.25, 0.3) is 0 Å². The molecule has 164 valence electrons. The summed E-state index contributed by atoms with van der Waals surface area (Å²) in [6.45, 7) is 1.18. The fourth-order valence-corrected chi connectivity index (χ4v) is 4.14. The first kappa shape index (κ1) is 21.6. The highest BCUT2D eigenvalue weighted by atomic mass is 35.5. The van der Waals surface area contributed by atoms with Gasteiger partial charge in [0, 0.05) is 30.6 Å². The second kappa shape index (κ2) is 8.48. The Morgan fingerprint density at radius 1 is 1.09 bits per heavy atom. The molecule has 0 aliphatic carbocycles. The summed E-state index contributed by atoms with van der Waals surface area (Å²) in [5.41, 5.74) is 12.3. The number of likely N-dealkylation sites (tertiary alicyclic amines) is 1. The fraction of sp³-hybridized carbons (Fsp3) is 0.318. The van der Waals surface area contributed by atoms with Gasteiger partial charge in [-0.2, -0.15) is 0 Å². The number of hydrogen-bond donors (Lipinski definition) is 3. The zero-order chi connectivity index (χ0) is 22.9. The molecule has 2 aliphatic heterocycles. The van der Waals surface area contributed by atoms with Crippen molar-refractivity contribution < 1.29 is 9.59 Å². The van der Waals surface area contributed by atoms with Gasteiger partial charge < -0.3 is 21.7 Å². The van der Waals surface area contributed by atoms with Crippen molar-refractivity contribution in [2.75, 3.05) is 24.6 Å². The van der Waals surface area contributed by atoms with Crippen LogP contribution in [0.5, 0.6) is 0 Å². The summed E-state index contributed by atoms with van der Waals surface area (Å²) in [6.07, 6.45) is 8.22. The summed E-state index contributed by atoms with van der Waals surface area (Å²) in [4.78, 5) is 39.7. The third-order valence-electron chi connectivity index (χ3n) is 5.86. The van der Waals surface area contributed by atoms with Crippen molar-refractivity contribution in [2.24, 2.45) is 4.99 Å². The van der Waals surface area contributed by atoms with Crippen LogP contribution in [0.3, 0.4) is 0 Å². The number of piperidine rings is 1. The van der Waals surface area contributed by atoms with Gasteiger partial charge in [-0.3, -0.25) is 14.6 Å². The van der Waals surface area contributed by atoms with E-state index in [4.69, 9.17) is 34.5 Å². The molecule has 0 bridgehead atoms. The zero-order valence-corrected chi connectivity index (χ0v) is 18.0. The third kappa shape index (κ3) is 4.22. The molecule has 1 spiro atoms. The minimum Gasteiger partial charge on any atom is -0.382 e. The average Bonchev–Trinajstić information content (AvgIpc) is 3.18. The Morgan fingerprint density at radius 3 is 2.44 bits per heavy atom. The molecule has 9 nitrogen and oxygen atoms in total. The number of nitrogens with zero attached hydrogens (tertiary/aromatic N) is 4. The molecule has 1 aromatic heterocycles. The summed E-state index contributed by atoms with van der Waals surface area (Å²) in [6, 6.07) is 7.03. The van der Waals surface area contributed by atoms with Gasteiger partial charge in [0.15, 0.2) is 22.5 Å². The Balaban J connectivity index is 1.39. The van der Waals surface area contributed by atoms with Crippen LogP contribution in [-0.4, -0.2) is 51.1 Å². The molecule has 0 atom stereocenters. The van der Waals surface area contributed by atoms with Gasteiger partial charge >= 0.3 is 0 Å². The second-order valence-electron chi connectivity index (χ2n) is 7.88. The maximum atomic E-state index is 12.8. The molecule has 4 rings (SSSR count). The normalized spacial score (nSPS) is 17.0. The molecule has 3 heterocycles. The summed E-state index contributed by atoms with van der Waals surface area (Å²) >= 11 is 5.86. The number of nitrogens with one attached hydrogen (secondary N) is 1. The van der Waals surface area contributed by atoms with E-state index in [1.807, 2.05) is 4.90 Å². The van der Waals surface area contributed by atoms with E-state index < -0.39 is 5.91 Å². The number of nitrogen functional groups attached to an aromatic ring is 2. The smallest absolute Gasteiger partial charge is 0.279 e. The number of aliphatic imine (C=N–C) groups is 1. The number of rotatable bonds is 2. The van der Waals surface area contributed by atoms with Crippen molar-refractivity contribution >= 4 is 40.9 Å². The van der Waals surface area contributed by atoms with E-state index in [1.54, 1.807) is 24.3 Å². The highest BCUT2D eigenvalue weighted by Gasteiger charge is 2.39. The topological polar surface area (TPSA) is 140 Å². The lowest BCUT2D eigenvalue weighted by atomic mass is 9.86. The molecule has 0 radical (unpaired) electrons. The van der Waals surface area contributed by atoms with Crippen LogP contribution in [0.15, 0.2) is 29.3 Å². The van der Waals surface area contributed by atoms with E-state index >= 15 is 0 Å². The molecule has 2 amide bonds. The number of amides is 2. The fourth-order valence-electron chi connectivity index (χ4n) is 4.02. The first-order chi connectivity index (χ1) is 15.3. The van der Waals surface area contributed by atoms with Gasteiger partial charge in [-0.25, -0.2) is 9.97 Å². The first-order valence-electron chi connectivity index (χ1n) is 10.1. The van der Waals surface area contributed by atoms with E-state index in [1.165, 1.54) is 0 Å².